The maximum absolute atomic E-state index is 8.51. The summed E-state index contributed by atoms with van der Waals surface area (Å²) in [6.07, 6.45) is 0. The Morgan fingerprint density at radius 3 is 2.25 bits per heavy atom. The molecule has 0 aromatic rings. The Kier molecular flexibility index (Phi) is 9.04. The number of aliphatic hydroxyl groups is 1. The first-order valence-electron chi connectivity index (χ1n) is 1.77. The van der Waals surface area contributed by atoms with E-state index in [1.165, 1.54) is 0 Å². The average Bonchev–Trinajstić information content (AvgIpc) is 1.65. The zero-order valence-electron chi connectivity index (χ0n) is 4.16. The summed E-state index contributed by atoms with van der Waals surface area (Å²) >= 11 is 6.22. The van der Waals surface area contributed by atoms with Crippen LogP contribution in [0, 0.1) is 0 Å². The molecule has 0 radical (unpaired) electrons. The first kappa shape index (κ1) is 11.8. The number of hydrogen-bond acceptors (Lipinski definition) is 3. The average molecular weight is 265 g/mol. The zero-order valence-corrected chi connectivity index (χ0v) is 8.87. The fourth-order valence-electron chi connectivity index (χ4n) is 0.0781. The molecule has 0 heterocycles. The topological polar surface area (TPSA) is 46.2 Å². The van der Waals surface area contributed by atoms with Gasteiger partial charge in [-0.15, -0.1) is 0 Å². The summed E-state index contributed by atoms with van der Waals surface area (Å²) in [5, 5.41) is 8.51. The fraction of sp³-hybridized carbons (Fsp3) is 0.667. The molecular weight excluding hydrogens is 256 g/mol. The van der Waals surface area contributed by atoms with Crippen molar-refractivity contribution < 1.29 is 5.11 Å². The van der Waals surface area contributed by atoms with Crippen molar-refractivity contribution in [2.24, 2.45) is 5.73 Å². The van der Waals surface area contributed by atoms with Gasteiger partial charge < -0.3 is 0 Å². The molecule has 0 bridgehead atoms. The van der Waals surface area contributed by atoms with E-state index in [-0.39, 0.29) is 27.7 Å². The SMILES string of the molecule is NC(CS)C(O)=[Se].[SeH2]. The van der Waals surface area contributed by atoms with Crippen LogP contribution in [0.15, 0.2) is 0 Å². The molecule has 0 amide bonds. The standard InChI is InChI=1S/C3H7NOSSe.H2Se/c4-2(1-6)3(5)7;/h2,6H,1,4H2,(H,5,7);1H2. The van der Waals surface area contributed by atoms with Gasteiger partial charge in [0.2, 0.25) is 0 Å². The predicted octanol–water partition coefficient (Wildman–Crippen LogP) is -2.00. The first-order chi connectivity index (χ1) is 3.18. The quantitative estimate of drug-likeness (QED) is 0.399. The van der Waals surface area contributed by atoms with E-state index in [1.807, 2.05) is 0 Å². The van der Waals surface area contributed by atoms with Gasteiger partial charge in [-0.05, 0) is 0 Å². The van der Waals surface area contributed by atoms with Crippen LogP contribution in [0.4, 0.5) is 0 Å². The maximum atomic E-state index is 8.51. The monoisotopic (exact) mass is 267 g/mol. The van der Waals surface area contributed by atoms with Gasteiger partial charge in [0, 0.05) is 0 Å². The molecule has 3 N–H and O–H groups in total. The van der Waals surface area contributed by atoms with Crippen LogP contribution in [0.3, 0.4) is 0 Å². The molecule has 0 saturated carbocycles. The number of thiol groups is 1. The van der Waals surface area contributed by atoms with Crippen molar-refractivity contribution in [2.45, 2.75) is 6.04 Å². The minimum absolute atomic E-state index is 0. The second-order valence-corrected chi connectivity index (χ2v) is 2.37. The summed E-state index contributed by atoms with van der Waals surface area (Å²) in [6.45, 7) is 0. The van der Waals surface area contributed by atoms with E-state index in [4.69, 9.17) is 10.8 Å². The van der Waals surface area contributed by atoms with Gasteiger partial charge in [0.15, 0.2) is 0 Å². The van der Waals surface area contributed by atoms with E-state index in [1.54, 1.807) is 0 Å². The molecule has 1 atom stereocenters. The molecule has 8 heavy (non-hydrogen) atoms. The Bertz CT molecular complexity index is 79.7. The van der Waals surface area contributed by atoms with Gasteiger partial charge in [-0.3, -0.25) is 0 Å². The second-order valence-electron chi connectivity index (χ2n) is 1.13. The van der Waals surface area contributed by atoms with Crippen LogP contribution in [-0.4, -0.2) is 54.1 Å². The Morgan fingerprint density at radius 2 is 2.25 bits per heavy atom. The van der Waals surface area contributed by atoms with E-state index >= 15 is 0 Å². The summed E-state index contributed by atoms with van der Waals surface area (Å²) in [4.78, 5) is 0. The van der Waals surface area contributed by atoms with Crippen molar-refractivity contribution in [3.05, 3.63) is 0 Å². The zero-order chi connectivity index (χ0) is 5.86. The molecular formula is C3H9NOSSe2. The predicted molar refractivity (Wildman–Crippen MR) is 43.1 cm³/mol. The molecule has 0 saturated heterocycles. The third-order valence-corrected chi connectivity index (χ3v) is 1.54. The van der Waals surface area contributed by atoms with Gasteiger partial charge in [-0.25, -0.2) is 0 Å². The van der Waals surface area contributed by atoms with Crippen molar-refractivity contribution in [1.82, 2.24) is 0 Å². The summed E-state index contributed by atoms with van der Waals surface area (Å²) in [5.41, 5.74) is 5.22. The van der Waals surface area contributed by atoms with Crippen LogP contribution >= 0.6 is 12.6 Å². The van der Waals surface area contributed by atoms with Gasteiger partial charge in [0.1, 0.15) is 0 Å². The fourth-order valence-corrected chi connectivity index (χ4v) is 0.703. The Balaban J connectivity index is 0. The summed E-state index contributed by atoms with van der Waals surface area (Å²) < 4.78 is 0.120. The van der Waals surface area contributed by atoms with Crippen molar-refractivity contribution >= 4 is 49.9 Å². The number of hydrogen-bond donors (Lipinski definition) is 3. The molecule has 0 aliphatic heterocycles. The molecule has 2 nitrogen and oxygen atoms in total. The molecule has 5 heteroatoms. The Hall–Kier alpha value is 1.02. The minimum atomic E-state index is -0.316. The van der Waals surface area contributed by atoms with Gasteiger partial charge in [0.05, 0.1) is 0 Å². The van der Waals surface area contributed by atoms with E-state index in [0.29, 0.717) is 5.75 Å². The molecule has 0 aromatic carbocycles. The number of aliphatic hydroxyl groups excluding tert-OH is 1. The normalized spacial score (nSPS) is 11.8. The van der Waals surface area contributed by atoms with Crippen molar-refractivity contribution in [2.75, 3.05) is 5.75 Å². The van der Waals surface area contributed by atoms with Crippen molar-refractivity contribution in [3.63, 3.8) is 0 Å². The molecule has 1 unspecified atom stereocenters. The summed E-state index contributed by atoms with van der Waals surface area (Å²) in [5.74, 6) is 0.471. The van der Waals surface area contributed by atoms with Crippen LogP contribution in [0.2, 0.25) is 0 Å². The van der Waals surface area contributed by atoms with Crippen LogP contribution < -0.4 is 5.73 Å². The van der Waals surface area contributed by atoms with Gasteiger partial charge in [0.25, 0.3) is 0 Å². The van der Waals surface area contributed by atoms with E-state index in [2.05, 4.69) is 28.2 Å². The molecule has 0 aromatic heterocycles. The third-order valence-electron chi connectivity index (χ3n) is 0.514. The third kappa shape index (κ3) is 5.16. The van der Waals surface area contributed by atoms with Gasteiger partial charge in [-0.1, -0.05) is 0 Å². The van der Waals surface area contributed by atoms with Gasteiger partial charge in [-0.2, -0.15) is 0 Å². The van der Waals surface area contributed by atoms with E-state index in [0.717, 1.165) is 0 Å². The first-order valence-corrected chi connectivity index (χ1v) is 3.26. The molecule has 50 valence electrons. The summed E-state index contributed by atoms with van der Waals surface area (Å²) in [6, 6.07) is -0.316. The van der Waals surface area contributed by atoms with Crippen LogP contribution in [0.1, 0.15) is 0 Å². The van der Waals surface area contributed by atoms with Crippen LogP contribution in [0.25, 0.3) is 0 Å². The van der Waals surface area contributed by atoms with Crippen LogP contribution in [0.5, 0.6) is 0 Å². The molecule has 0 aliphatic carbocycles. The van der Waals surface area contributed by atoms with Gasteiger partial charge >= 0.3 is 72.5 Å². The van der Waals surface area contributed by atoms with E-state index < -0.39 is 0 Å². The van der Waals surface area contributed by atoms with Crippen LogP contribution in [-0.2, 0) is 0 Å². The second kappa shape index (κ2) is 6.14. The summed E-state index contributed by atoms with van der Waals surface area (Å²) in [7, 11) is 0. The number of nitrogens with two attached hydrogens (primary N) is 1. The Labute approximate surface area is 72.5 Å². The molecule has 0 rings (SSSR count). The van der Waals surface area contributed by atoms with Crippen molar-refractivity contribution in [1.29, 1.82) is 0 Å². The molecule has 0 spiro atoms. The molecule has 0 aliphatic rings. The van der Waals surface area contributed by atoms with E-state index in [9.17, 15) is 0 Å². The Morgan fingerprint density at radius 1 is 1.88 bits per heavy atom. The number of rotatable bonds is 2. The van der Waals surface area contributed by atoms with Crippen molar-refractivity contribution in [3.8, 4) is 0 Å². The molecule has 0 fully saturated rings.